The second-order valence-corrected chi connectivity index (χ2v) is 6.01. The summed E-state index contributed by atoms with van der Waals surface area (Å²) in [4.78, 5) is 4.96. The molecule has 5 rings (SSSR count). The van der Waals surface area contributed by atoms with Crippen LogP contribution in [-0.4, -0.2) is 11.8 Å². The Labute approximate surface area is 145 Å². The Balaban J connectivity index is 1.81. The largest absolute Gasteiger partial charge is 0.454 e. The molecular weight excluding hydrogens is 310 g/mol. The van der Waals surface area contributed by atoms with E-state index in [1.165, 1.54) is 0 Å². The lowest BCUT2D eigenvalue weighted by atomic mass is 9.97. The molecule has 1 aromatic heterocycles. The van der Waals surface area contributed by atoms with Crippen LogP contribution >= 0.6 is 0 Å². The number of hydrogen-bond donors (Lipinski definition) is 0. The Morgan fingerprint density at radius 3 is 2.04 bits per heavy atom. The van der Waals surface area contributed by atoms with Crippen molar-refractivity contribution < 1.29 is 9.47 Å². The summed E-state index contributed by atoms with van der Waals surface area (Å²) in [6.45, 7) is 0.267. The monoisotopic (exact) mass is 325 g/mol. The van der Waals surface area contributed by atoms with Gasteiger partial charge in [-0.3, -0.25) is 0 Å². The van der Waals surface area contributed by atoms with Crippen LogP contribution in [0.1, 0.15) is 0 Å². The average Bonchev–Trinajstić information content (AvgIpc) is 3.14. The molecule has 3 heteroatoms. The Kier molecular flexibility index (Phi) is 3.17. The summed E-state index contributed by atoms with van der Waals surface area (Å²) >= 11 is 0. The van der Waals surface area contributed by atoms with Crippen LogP contribution in [0.5, 0.6) is 11.5 Å². The van der Waals surface area contributed by atoms with Crippen molar-refractivity contribution in [1.29, 1.82) is 0 Å². The van der Waals surface area contributed by atoms with Gasteiger partial charge in [-0.15, -0.1) is 0 Å². The molecule has 0 saturated heterocycles. The van der Waals surface area contributed by atoms with Crippen LogP contribution in [0.25, 0.3) is 33.3 Å². The van der Waals surface area contributed by atoms with E-state index < -0.39 is 0 Å². The van der Waals surface area contributed by atoms with E-state index in [0.717, 1.165) is 44.8 Å². The van der Waals surface area contributed by atoms with Crippen LogP contribution in [0.15, 0.2) is 78.9 Å². The van der Waals surface area contributed by atoms with Gasteiger partial charge in [0.05, 0.1) is 11.2 Å². The van der Waals surface area contributed by atoms with Crippen LogP contribution in [0.2, 0.25) is 0 Å². The molecule has 0 fully saturated rings. The van der Waals surface area contributed by atoms with E-state index in [2.05, 4.69) is 30.3 Å². The maximum absolute atomic E-state index is 5.52. The van der Waals surface area contributed by atoms with Gasteiger partial charge < -0.3 is 9.47 Å². The summed E-state index contributed by atoms with van der Waals surface area (Å²) in [6.07, 6.45) is 0. The van der Waals surface area contributed by atoms with E-state index in [4.69, 9.17) is 14.5 Å². The molecular formula is C22H15NO2. The smallest absolute Gasteiger partial charge is 0.231 e. The quantitative estimate of drug-likeness (QED) is 0.501. The summed E-state index contributed by atoms with van der Waals surface area (Å²) in [6, 6.07) is 26.8. The number of nitrogens with zero attached hydrogens (tertiary/aromatic N) is 1. The van der Waals surface area contributed by atoms with Crippen molar-refractivity contribution in [3.63, 3.8) is 0 Å². The van der Waals surface area contributed by atoms with Gasteiger partial charge in [-0.2, -0.15) is 0 Å². The maximum atomic E-state index is 5.52. The van der Waals surface area contributed by atoms with E-state index >= 15 is 0 Å². The number of aromatic nitrogens is 1. The summed E-state index contributed by atoms with van der Waals surface area (Å²) in [5.74, 6) is 1.53. The van der Waals surface area contributed by atoms with Gasteiger partial charge in [-0.25, -0.2) is 4.98 Å². The van der Waals surface area contributed by atoms with Gasteiger partial charge in [0.1, 0.15) is 0 Å². The summed E-state index contributed by atoms with van der Waals surface area (Å²) in [5.41, 5.74) is 5.23. The molecule has 0 atom stereocenters. The van der Waals surface area contributed by atoms with Gasteiger partial charge in [0.15, 0.2) is 11.5 Å². The fourth-order valence-corrected chi connectivity index (χ4v) is 3.22. The van der Waals surface area contributed by atoms with Crippen molar-refractivity contribution >= 4 is 10.9 Å². The minimum Gasteiger partial charge on any atom is -0.454 e. The molecule has 0 unspecified atom stereocenters. The van der Waals surface area contributed by atoms with Crippen molar-refractivity contribution in [2.45, 2.75) is 0 Å². The first-order valence-corrected chi connectivity index (χ1v) is 8.24. The zero-order valence-corrected chi connectivity index (χ0v) is 13.5. The topological polar surface area (TPSA) is 31.4 Å². The van der Waals surface area contributed by atoms with Crippen LogP contribution in [0.3, 0.4) is 0 Å². The van der Waals surface area contributed by atoms with E-state index in [1.807, 2.05) is 48.5 Å². The van der Waals surface area contributed by atoms with Crippen LogP contribution in [0.4, 0.5) is 0 Å². The maximum Gasteiger partial charge on any atom is 0.231 e. The number of hydrogen-bond acceptors (Lipinski definition) is 3. The van der Waals surface area contributed by atoms with Gasteiger partial charge in [0.25, 0.3) is 0 Å². The Hall–Kier alpha value is -3.33. The molecule has 4 aromatic rings. The van der Waals surface area contributed by atoms with Gasteiger partial charge in [0, 0.05) is 22.6 Å². The fraction of sp³-hybridized carbons (Fsp3) is 0.0455. The molecule has 0 radical (unpaired) electrons. The van der Waals surface area contributed by atoms with Crippen LogP contribution < -0.4 is 9.47 Å². The van der Waals surface area contributed by atoms with Gasteiger partial charge in [-0.1, -0.05) is 60.7 Å². The number of rotatable bonds is 2. The Morgan fingerprint density at radius 1 is 0.680 bits per heavy atom. The minimum atomic E-state index is 0.267. The van der Waals surface area contributed by atoms with Crippen molar-refractivity contribution in [3.05, 3.63) is 78.9 Å². The first-order valence-electron chi connectivity index (χ1n) is 8.24. The van der Waals surface area contributed by atoms with Crippen molar-refractivity contribution in [2.24, 2.45) is 0 Å². The second-order valence-electron chi connectivity index (χ2n) is 6.01. The minimum absolute atomic E-state index is 0.267. The molecule has 1 aliphatic rings. The average molecular weight is 325 g/mol. The fourth-order valence-electron chi connectivity index (χ4n) is 3.22. The highest BCUT2D eigenvalue weighted by molar-refractivity contribution is 5.93. The van der Waals surface area contributed by atoms with Crippen LogP contribution in [0, 0.1) is 0 Å². The molecule has 2 heterocycles. The molecule has 3 nitrogen and oxygen atoms in total. The van der Waals surface area contributed by atoms with Crippen molar-refractivity contribution in [3.8, 4) is 33.9 Å². The second kappa shape index (κ2) is 5.64. The summed E-state index contributed by atoms with van der Waals surface area (Å²) in [5, 5.41) is 1.04. The Morgan fingerprint density at radius 2 is 1.32 bits per heavy atom. The highest BCUT2D eigenvalue weighted by atomic mass is 16.7. The zero-order chi connectivity index (χ0) is 16.6. The standard InChI is InChI=1S/C22H15NO2/c1-3-7-15(8-4-1)18-11-17-12-20-21(25-14-24-20)13-19(17)23-22(18)16-9-5-2-6-10-16/h1-13H,14H2. The molecule has 25 heavy (non-hydrogen) atoms. The van der Waals surface area contributed by atoms with Gasteiger partial charge >= 0.3 is 0 Å². The summed E-state index contributed by atoms with van der Waals surface area (Å²) < 4.78 is 11.0. The number of ether oxygens (including phenoxy) is 2. The van der Waals surface area contributed by atoms with Gasteiger partial charge in [-0.05, 0) is 17.7 Å². The van der Waals surface area contributed by atoms with E-state index in [1.54, 1.807) is 0 Å². The molecule has 0 bridgehead atoms. The highest BCUT2D eigenvalue weighted by Crippen LogP contribution is 2.39. The van der Waals surface area contributed by atoms with Crippen molar-refractivity contribution in [1.82, 2.24) is 4.98 Å². The summed E-state index contributed by atoms with van der Waals surface area (Å²) in [7, 11) is 0. The third kappa shape index (κ3) is 2.41. The molecule has 1 aliphatic heterocycles. The molecule has 120 valence electrons. The lowest BCUT2D eigenvalue weighted by Gasteiger charge is -2.12. The molecule has 0 amide bonds. The molecule has 0 aliphatic carbocycles. The van der Waals surface area contributed by atoms with E-state index in [9.17, 15) is 0 Å². The van der Waals surface area contributed by atoms with Crippen molar-refractivity contribution in [2.75, 3.05) is 6.79 Å². The highest BCUT2D eigenvalue weighted by Gasteiger charge is 2.17. The normalized spacial score (nSPS) is 12.5. The number of pyridine rings is 1. The lowest BCUT2D eigenvalue weighted by Crippen LogP contribution is -1.92. The molecule has 0 spiro atoms. The van der Waals surface area contributed by atoms with E-state index in [0.29, 0.717) is 0 Å². The SMILES string of the molecule is c1ccc(-c2cc3cc4c(cc3nc2-c2ccccc2)OCO4)cc1. The first-order chi connectivity index (χ1) is 12.4. The third-order valence-electron chi connectivity index (χ3n) is 4.44. The third-order valence-corrected chi connectivity index (χ3v) is 4.44. The molecule has 3 aromatic carbocycles. The Bertz CT molecular complexity index is 974. The van der Waals surface area contributed by atoms with E-state index in [-0.39, 0.29) is 6.79 Å². The number of fused-ring (bicyclic) bond motifs is 2. The first kappa shape index (κ1) is 14.1. The number of benzene rings is 3. The predicted octanol–water partition coefficient (Wildman–Crippen LogP) is 5.30. The molecule has 0 saturated carbocycles. The van der Waals surface area contributed by atoms with Gasteiger partial charge in [0.2, 0.25) is 6.79 Å². The molecule has 0 N–H and O–H groups in total. The zero-order valence-electron chi connectivity index (χ0n) is 13.5. The lowest BCUT2D eigenvalue weighted by molar-refractivity contribution is 0.174. The predicted molar refractivity (Wildman–Crippen MR) is 98.7 cm³/mol. The van der Waals surface area contributed by atoms with Crippen LogP contribution in [-0.2, 0) is 0 Å².